The van der Waals surface area contributed by atoms with E-state index in [0.29, 0.717) is 84.7 Å². The number of carboxylic acids is 1. The smallest absolute Gasteiger partial charge is 0.339 e. The van der Waals surface area contributed by atoms with Crippen molar-refractivity contribution in [3.8, 4) is 5.75 Å². The molecule has 2 heterocycles. The number of ether oxygens (including phenoxy) is 1. The minimum absolute atomic E-state index is 0.0577. The SMILES string of the molecule is CCc1c(CNC(=O)COc2cc3ccccc3cc2C(=O)O)c(CC)c(CNC(=S)Nc2ccc3c4c(cccc24)C(=O)N(Cc2ccccc2)C3=O)c(CC)c1CNC(=S)Nc1ccc2c3c(cccc13)C(=O)N(Cc1ccccc1)C2=O. The Morgan fingerprint density at radius 3 is 1.29 bits per heavy atom. The summed E-state index contributed by atoms with van der Waals surface area (Å²) in [5.74, 6) is -3.07. The van der Waals surface area contributed by atoms with Crippen LogP contribution in [-0.2, 0) is 56.8 Å². The van der Waals surface area contributed by atoms with Crippen molar-refractivity contribution in [1.82, 2.24) is 25.8 Å². The van der Waals surface area contributed by atoms with Crippen LogP contribution >= 0.6 is 24.4 Å². The molecule has 0 saturated carbocycles. The van der Waals surface area contributed by atoms with E-state index >= 15 is 0 Å². The van der Waals surface area contributed by atoms with Gasteiger partial charge < -0.3 is 36.4 Å². The predicted octanol–water partition coefficient (Wildman–Crippen LogP) is 11.8. The number of hydrogen-bond acceptors (Lipinski definition) is 9. The van der Waals surface area contributed by atoms with E-state index < -0.39 is 18.5 Å². The summed E-state index contributed by atoms with van der Waals surface area (Å²) in [6.07, 6.45) is 1.79. The first-order valence-corrected chi connectivity index (χ1v) is 28.9. The van der Waals surface area contributed by atoms with E-state index in [2.05, 4.69) is 47.4 Å². The first kappa shape index (κ1) is 57.0. The van der Waals surface area contributed by atoms with Gasteiger partial charge in [-0.3, -0.25) is 33.8 Å². The summed E-state index contributed by atoms with van der Waals surface area (Å²) in [5.41, 5.74) is 10.4. The number of fused-ring (bicyclic) bond motifs is 1. The second-order valence-corrected chi connectivity index (χ2v) is 21.6. The summed E-state index contributed by atoms with van der Waals surface area (Å²) in [6, 6.07) is 47.1. The number of amides is 5. The normalized spacial score (nSPS) is 12.6. The van der Waals surface area contributed by atoms with E-state index in [1.165, 1.54) is 15.9 Å². The van der Waals surface area contributed by atoms with Crippen LogP contribution in [0.2, 0.25) is 0 Å². The molecule has 85 heavy (non-hydrogen) atoms. The standard InChI is InChI=1S/C68H59N7O8S2/c1-4-43-53(33-69-59(76)38-83-58-32-42-22-14-13-21-41(42)31-52(58)66(81)82)44(5-2)55(35-71-68(85)73-57-30-28-51-61-47(57)24-16-26-49(61)63(78)75(65(51)80)37-40-19-11-8-12-20-40)45(6-3)54(43)34-70-67(84)72-56-29-27-50-60-46(56)23-15-25-48(60)62(77)74(64(50)79)36-39-17-9-7-10-18-39/h7-32H,4-6,33-38H2,1-3H3,(H,69,76)(H,81,82)(H2,70,72,84)(H2,71,73,85). The fourth-order valence-corrected chi connectivity index (χ4v) is 12.3. The summed E-state index contributed by atoms with van der Waals surface area (Å²) in [4.78, 5) is 84.6. The van der Waals surface area contributed by atoms with Gasteiger partial charge in [-0.05, 0) is 148 Å². The number of anilines is 2. The number of nitrogens with zero attached hydrogens (tertiary/aromatic N) is 2. The summed E-state index contributed by atoms with van der Waals surface area (Å²) < 4.78 is 5.93. The van der Waals surface area contributed by atoms with Crippen LogP contribution in [0.5, 0.6) is 5.75 Å². The highest BCUT2D eigenvalue weighted by Crippen LogP contribution is 2.38. The number of benzene rings is 9. The molecule has 426 valence electrons. The van der Waals surface area contributed by atoms with Crippen LogP contribution in [0.4, 0.5) is 11.4 Å². The zero-order valence-electron chi connectivity index (χ0n) is 46.9. The molecule has 9 aromatic rings. The van der Waals surface area contributed by atoms with Crippen LogP contribution < -0.4 is 31.3 Å². The molecule has 0 unspecified atom stereocenters. The molecule has 6 N–H and O–H groups in total. The van der Waals surface area contributed by atoms with E-state index in [0.717, 1.165) is 55.3 Å². The van der Waals surface area contributed by atoms with E-state index in [4.69, 9.17) is 29.2 Å². The second kappa shape index (κ2) is 24.5. The van der Waals surface area contributed by atoms with Crippen molar-refractivity contribution in [1.29, 1.82) is 0 Å². The highest BCUT2D eigenvalue weighted by Gasteiger charge is 2.35. The molecule has 0 bridgehead atoms. The van der Waals surface area contributed by atoms with Crippen LogP contribution in [0.15, 0.2) is 158 Å². The largest absolute Gasteiger partial charge is 0.483 e. The van der Waals surface area contributed by atoms with Gasteiger partial charge >= 0.3 is 5.97 Å². The molecular weight excluding hydrogens is 1110 g/mol. The summed E-state index contributed by atoms with van der Waals surface area (Å²) in [6.45, 7) is 6.73. The van der Waals surface area contributed by atoms with Crippen LogP contribution in [0, 0.1) is 0 Å². The molecule has 5 amide bonds. The lowest BCUT2D eigenvalue weighted by molar-refractivity contribution is -0.123. The van der Waals surface area contributed by atoms with Gasteiger partial charge in [0.25, 0.3) is 29.5 Å². The fourth-order valence-electron chi connectivity index (χ4n) is 11.9. The molecule has 0 radical (unpaired) electrons. The Morgan fingerprint density at radius 1 is 0.471 bits per heavy atom. The summed E-state index contributed by atoms with van der Waals surface area (Å²) in [5, 5.41) is 31.3. The van der Waals surface area contributed by atoms with Crippen molar-refractivity contribution in [3.05, 3.63) is 230 Å². The molecule has 2 aliphatic rings. The number of imide groups is 2. The van der Waals surface area contributed by atoms with Crippen LogP contribution in [0.25, 0.3) is 32.3 Å². The van der Waals surface area contributed by atoms with Crippen molar-refractivity contribution in [2.75, 3.05) is 17.2 Å². The van der Waals surface area contributed by atoms with Gasteiger partial charge in [0, 0.05) is 74.8 Å². The summed E-state index contributed by atoms with van der Waals surface area (Å²) in [7, 11) is 0. The Morgan fingerprint density at radius 2 is 0.871 bits per heavy atom. The molecule has 9 aromatic carbocycles. The molecule has 0 spiro atoms. The number of hydrogen-bond donors (Lipinski definition) is 6. The molecule has 2 aliphatic heterocycles. The number of thiocarbonyl (C=S) groups is 2. The third-order valence-electron chi connectivity index (χ3n) is 15.8. The average Bonchev–Trinajstić information content (AvgIpc) is 1.58. The van der Waals surface area contributed by atoms with Crippen molar-refractivity contribution in [3.63, 3.8) is 0 Å². The zero-order chi connectivity index (χ0) is 59.5. The monoisotopic (exact) mass is 1170 g/mol. The lowest BCUT2D eigenvalue weighted by Crippen LogP contribution is -2.39. The Bertz CT molecular complexity index is 4000. The molecule has 15 nitrogen and oxygen atoms in total. The van der Waals surface area contributed by atoms with E-state index in [9.17, 15) is 33.9 Å². The highest BCUT2D eigenvalue weighted by molar-refractivity contribution is 7.80. The van der Waals surface area contributed by atoms with E-state index in [-0.39, 0.29) is 67.7 Å². The maximum absolute atomic E-state index is 14.0. The third kappa shape index (κ3) is 11.3. The highest BCUT2D eigenvalue weighted by atomic mass is 32.1. The molecule has 0 saturated heterocycles. The molecule has 11 rings (SSSR count). The van der Waals surface area contributed by atoms with Crippen molar-refractivity contribution in [2.24, 2.45) is 0 Å². The molecule has 0 aliphatic carbocycles. The number of carboxylic acid groups (broad SMARTS) is 1. The Labute approximate surface area is 501 Å². The quantitative estimate of drug-likeness (QED) is 0.0330. The number of carbonyl (C=O) groups is 6. The van der Waals surface area contributed by atoms with Gasteiger partial charge in [0.15, 0.2) is 16.8 Å². The number of rotatable bonds is 19. The van der Waals surface area contributed by atoms with Crippen molar-refractivity contribution < 1.29 is 38.6 Å². The lowest BCUT2D eigenvalue weighted by atomic mass is 9.83. The predicted molar refractivity (Wildman–Crippen MR) is 338 cm³/mol. The van der Waals surface area contributed by atoms with Gasteiger partial charge in [0.2, 0.25) is 0 Å². The third-order valence-corrected chi connectivity index (χ3v) is 16.3. The fraction of sp³-hybridized carbons (Fsp3) is 0.176. The molecule has 17 heteroatoms. The van der Waals surface area contributed by atoms with Gasteiger partial charge in [-0.25, -0.2) is 4.79 Å². The Kier molecular flexibility index (Phi) is 16.5. The first-order chi connectivity index (χ1) is 41.3. The van der Waals surface area contributed by atoms with E-state index in [1.54, 1.807) is 54.6 Å². The average molecular weight is 1170 g/mol. The van der Waals surface area contributed by atoms with Crippen LogP contribution in [-0.4, -0.2) is 67.2 Å². The van der Waals surface area contributed by atoms with Gasteiger partial charge in [-0.15, -0.1) is 0 Å². The zero-order valence-corrected chi connectivity index (χ0v) is 48.5. The van der Waals surface area contributed by atoms with Crippen LogP contribution in [0.1, 0.15) is 117 Å². The first-order valence-electron chi connectivity index (χ1n) is 28.1. The molecule has 0 aromatic heterocycles. The van der Waals surface area contributed by atoms with Gasteiger partial charge in [0.1, 0.15) is 11.3 Å². The van der Waals surface area contributed by atoms with E-state index in [1.807, 2.05) is 97.1 Å². The maximum Gasteiger partial charge on any atom is 0.339 e. The number of nitrogens with one attached hydrogen (secondary N) is 5. The Hall–Kier alpha value is -9.84. The lowest BCUT2D eigenvalue weighted by Gasteiger charge is -2.28. The molecule has 0 fully saturated rings. The second-order valence-electron chi connectivity index (χ2n) is 20.8. The summed E-state index contributed by atoms with van der Waals surface area (Å²) >= 11 is 12.1. The van der Waals surface area contributed by atoms with Crippen molar-refractivity contribution >= 4 is 114 Å². The molecular formula is C68H59N7O8S2. The maximum atomic E-state index is 14.0. The topological polar surface area (TPSA) is 199 Å². The van der Waals surface area contributed by atoms with Gasteiger partial charge in [-0.2, -0.15) is 0 Å². The number of aromatic carboxylic acids is 1. The molecule has 0 atom stereocenters. The van der Waals surface area contributed by atoms with Crippen LogP contribution in [0.3, 0.4) is 0 Å². The van der Waals surface area contributed by atoms with Gasteiger partial charge in [0.05, 0.1) is 13.1 Å². The minimum atomic E-state index is -1.18. The number of carbonyl (C=O) groups excluding carboxylic acids is 5. The van der Waals surface area contributed by atoms with Crippen molar-refractivity contribution in [2.45, 2.75) is 72.8 Å². The van der Waals surface area contributed by atoms with Gasteiger partial charge in [-0.1, -0.05) is 130 Å². The minimum Gasteiger partial charge on any atom is -0.483 e. The Balaban J connectivity index is 0.868.